The third kappa shape index (κ3) is 5.79. The Morgan fingerprint density at radius 1 is 1.20 bits per heavy atom. The molecule has 0 radical (unpaired) electrons. The summed E-state index contributed by atoms with van der Waals surface area (Å²) in [4.78, 5) is 24.4. The molecular formula is C16H22BrN3O4S. The Kier molecular flexibility index (Phi) is 6.59. The molecule has 1 aromatic carbocycles. The molecule has 1 fully saturated rings. The molecule has 9 heteroatoms. The summed E-state index contributed by atoms with van der Waals surface area (Å²) in [6, 6.07) is 6.10. The van der Waals surface area contributed by atoms with E-state index in [0.29, 0.717) is 31.5 Å². The van der Waals surface area contributed by atoms with Crippen molar-refractivity contribution in [1.82, 2.24) is 14.9 Å². The number of carbonyl (C=O) groups is 2. The SMILES string of the molecule is C[C@H](NC(=O)c1ccc(Br)cc1)C(=O)NC1CCN(S(C)(=O)=O)CC1. The Bertz CT molecular complexity index is 728. The third-order valence-corrected chi connectivity index (χ3v) is 5.95. The maximum absolute atomic E-state index is 12.2. The summed E-state index contributed by atoms with van der Waals surface area (Å²) in [5.41, 5.74) is 0.476. The van der Waals surface area contributed by atoms with E-state index in [1.807, 2.05) is 0 Å². The minimum atomic E-state index is -3.18. The number of piperidine rings is 1. The van der Waals surface area contributed by atoms with Gasteiger partial charge in [0.15, 0.2) is 0 Å². The van der Waals surface area contributed by atoms with Crippen molar-refractivity contribution in [2.45, 2.75) is 31.8 Å². The summed E-state index contributed by atoms with van der Waals surface area (Å²) in [6.07, 6.45) is 2.31. The van der Waals surface area contributed by atoms with Gasteiger partial charge in [-0.3, -0.25) is 9.59 Å². The number of halogens is 1. The van der Waals surface area contributed by atoms with E-state index in [-0.39, 0.29) is 17.9 Å². The average molecular weight is 432 g/mol. The first-order chi connectivity index (χ1) is 11.7. The Balaban J connectivity index is 1.82. The maximum Gasteiger partial charge on any atom is 0.251 e. The van der Waals surface area contributed by atoms with Gasteiger partial charge in [-0.15, -0.1) is 0 Å². The molecule has 1 aromatic rings. The second-order valence-electron chi connectivity index (χ2n) is 6.15. The first-order valence-corrected chi connectivity index (χ1v) is 10.6. The zero-order valence-corrected chi connectivity index (χ0v) is 16.6. The Hall–Kier alpha value is -1.45. The first kappa shape index (κ1) is 19.9. The molecule has 7 nitrogen and oxygen atoms in total. The van der Waals surface area contributed by atoms with E-state index in [9.17, 15) is 18.0 Å². The molecule has 1 saturated heterocycles. The van der Waals surface area contributed by atoms with Gasteiger partial charge >= 0.3 is 0 Å². The molecule has 0 spiro atoms. The van der Waals surface area contributed by atoms with E-state index in [1.165, 1.54) is 10.6 Å². The number of nitrogens with one attached hydrogen (secondary N) is 2. The van der Waals surface area contributed by atoms with Crippen molar-refractivity contribution in [3.8, 4) is 0 Å². The lowest BCUT2D eigenvalue weighted by Gasteiger charge is -2.31. The van der Waals surface area contributed by atoms with Crippen LogP contribution in [0, 0.1) is 0 Å². The second-order valence-corrected chi connectivity index (χ2v) is 9.05. The fourth-order valence-corrected chi connectivity index (χ4v) is 3.74. The lowest BCUT2D eigenvalue weighted by molar-refractivity contribution is -0.123. The number of carbonyl (C=O) groups excluding carboxylic acids is 2. The zero-order valence-electron chi connectivity index (χ0n) is 14.2. The van der Waals surface area contributed by atoms with Crippen LogP contribution in [0.2, 0.25) is 0 Å². The smallest absolute Gasteiger partial charge is 0.251 e. The molecule has 2 rings (SSSR count). The van der Waals surface area contributed by atoms with Gasteiger partial charge in [0, 0.05) is 29.2 Å². The summed E-state index contributed by atoms with van der Waals surface area (Å²) in [5, 5.41) is 5.54. The lowest BCUT2D eigenvalue weighted by atomic mass is 10.1. The van der Waals surface area contributed by atoms with Crippen LogP contribution in [-0.4, -0.2) is 56.0 Å². The number of hydrogen-bond acceptors (Lipinski definition) is 4. The molecule has 0 aliphatic carbocycles. The van der Waals surface area contributed by atoms with Gasteiger partial charge in [0.05, 0.1) is 6.26 Å². The molecule has 25 heavy (non-hydrogen) atoms. The predicted molar refractivity (Wildman–Crippen MR) is 98.7 cm³/mol. The van der Waals surface area contributed by atoms with Gasteiger partial charge in [-0.05, 0) is 44.0 Å². The van der Waals surface area contributed by atoms with E-state index in [1.54, 1.807) is 31.2 Å². The maximum atomic E-state index is 12.2. The lowest BCUT2D eigenvalue weighted by Crippen LogP contribution is -2.51. The van der Waals surface area contributed by atoms with Crippen LogP contribution in [0.3, 0.4) is 0 Å². The van der Waals surface area contributed by atoms with Crippen LogP contribution in [0.5, 0.6) is 0 Å². The molecule has 1 atom stereocenters. The molecule has 1 aliphatic heterocycles. The highest BCUT2D eigenvalue weighted by atomic mass is 79.9. The Morgan fingerprint density at radius 2 is 1.76 bits per heavy atom. The number of sulfonamides is 1. The van der Waals surface area contributed by atoms with Gasteiger partial charge in [0.1, 0.15) is 6.04 Å². The van der Waals surface area contributed by atoms with E-state index in [4.69, 9.17) is 0 Å². The number of rotatable bonds is 5. The highest BCUT2D eigenvalue weighted by Gasteiger charge is 2.27. The van der Waals surface area contributed by atoms with Gasteiger partial charge in [0.2, 0.25) is 15.9 Å². The van der Waals surface area contributed by atoms with Crippen molar-refractivity contribution in [3.63, 3.8) is 0 Å². The molecule has 1 aliphatic rings. The second kappa shape index (κ2) is 8.29. The van der Waals surface area contributed by atoms with Crippen LogP contribution in [-0.2, 0) is 14.8 Å². The molecule has 0 aromatic heterocycles. The standard InChI is InChI=1S/C16H22BrN3O4S/c1-11(18-16(22)12-3-5-13(17)6-4-12)15(21)19-14-7-9-20(10-8-14)25(2,23)24/h3-6,11,14H,7-10H2,1-2H3,(H,18,22)(H,19,21)/t11-/m0/s1. The number of amides is 2. The van der Waals surface area contributed by atoms with Crippen molar-refractivity contribution in [3.05, 3.63) is 34.3 Å². The van der Waals surface area contributed by atoms with Crippen LogP contribution in [0.15, 0.2) is 28.7 Å². The normalized spacial score (nSPS) is 17.7. The number of hydrogen-bond donors (Lipinski definition) is 2. The monoisotopic (exact) mass is 431 g/mol. The van der Waals surface area contributed by atoms with E-state index in [0.717, 1.165) is 4.47 Å². The highest BCUT2D eigenvalue weighted by molar-refractivity contribution is 9.10. The number of nitrogens with zero attached hydrogens (tertiary/aromatic N) is 1. The van der Waals surface area contributed by atoms with Crippen LogP contribution in [0.4, 0.5) is 0 Å². The van der Waals surface area contributed by atoms with Crippen molar-refractivity contribution in [2.75, 3.05) is 19.3 Å². The quantitative estimate of drug-likeness (QED) is 0.729. The summed E-state index contributed by atoms with van der Waals surface area (Å²) in [5.74, 6) is -0.592. The topological polar surface area (TPSA) is 95.6 Å². The predicted octanol–water partition coefficient (Wildman–Crippen LogP) is 1.11. The highest BCUT2D eigenvalue weighted by Crippen LogP contribution is 2.13. The van der Waals surface area contributed by atoms with Crippen molar-refractivity contribution < 1.29 is 18.0 Å². The summed E-state index contributed by atoms with van der Waals surface area (Å²) in [6.45, 7) is 2.41. The number of benzene rings is 1. The fourth-order valence-electron chi connectivity index (χ4n) is 2.60. The largest absolute Gasteiger partial charge is 0.351 e. The van der Waals surface area contributed by atoms with Gasteiger partial charge < -0.3 is 10.6 Å². The molecule has 1 heterocycles. The Morgan fingerprint density at radius 3 is 2.28 bits per heavy atom. The molecule has 2 amide bonds. The fraction of sp³-hybridized carbons (Fsp3) is 0.500. The van der Waals surface area contributed by atoms with Gasteiger partial charge in [-0.25, -0.2) is 12.7 Å². The van der Waals surface area contributed by atoms with Crippen molar-refractivity contribution >= 4 is 37.8 Å². The summed E-state index contributed by atoms with van der Waals surface area (Å²) >= 11 is 3.30. The zero-order chi connectivity index (χ0) is 18.6. The van der Waals surface area contributed by atoms with Crippen molar-refractivity contribution in [2.24, 2.45) is 0 Å². The molecular weight excluding hydrogens is 410 g/mol. The van der Waals surface area contributed by atoms with Crippen molar-refractivity contribution in [1.29, 1.82) is 0 Å². The minimum absolute atomic E-state index is 0.0856. The van der Waals surface area contributed by atoms with E-state index < -0.39 is 16.1 Å². The molecule has 2 N–H and O–H groups in total. The molecule has 0 saturated carbocycles. The first-order valence-electron chi connectivity index (χ1n) is 7.99. The third-order valence-electron chi connectivity index (χ3n) is 4.12. The van der Waals surface area contributed by atoms with Crippen LogP contribution >= 0.6 is 15.9 Å². The summed E-state index contributed by atoms with van der Waals surface area (Å²) in [7, 11) is -3.18. The van der Waals surface area contributed by atoms with Gasteiger partial charge in [-0.2, -0.15) is 0 Å². The summed E-state index contributed by atoms with van der Waals surface area (Å²) < 4.78 is 25.3. The van der Waals surface area contributed by atoms with Crippen LogP contribution < -0.4 is 10.6 Å². The average Bonchev–Trinajstić information content (AvgIpc) is 2.55. The van der Waals surface area contributed by atoms with Gasteiger partial charge in [0.25, 0.3) is 5.91 Å². The van der Waals surface area contributed by atoms with E-state index in [2.05, 4.69) is 26.6 Å². The molecule has 0 bridgehead atoms. The van der Waals surface area contributed by atoms with E-state index >= 15 is 0 Å². The minimum Gasteiger partial charge on any atom is -0.351 e. The molecule has 138 valence electrons. The van der Waals surface area contributed by atoms with Crippen LogP contribution in [0.25, 0.3) is 0 Å². The molecule has 0 unspecified atom stereocenters. The Labute approximate surface area is 156 Å². The van der Waals surface area contributed by atoms with Crippen LogP contribution in [0.1, 0.15) is 30.1 Å². The van der Waals surface area contributed by atoms with Gasteiger partial charge in [-0.1, -0.05) is 15.9 Å².